The molecule has 0 aromatic heterocycles. The van der Waals surface area contributed by atoms with E-state index < -0.39 is 16.0 Å². The van der Waals surface area contributed by atoms with Crippen molar-refractivity contribution in [3.05, 3.63) is 35.9 Å². The number of hydrogen-bond acceptors (Lipinski definition) is 3. The first kappa shape index (κ1) is 15.4. The number of sulfonamides is 1. The van der Waals surface area contributed by atoms with Crippen molar-refractivity contribution in [1.82, 2.24) is 4.31 Å². The quantitative estimate of drug-likeness (QED) is 0.808. The Bertz CT molecular complexity index is 557. The lowest BCUT2D eigenvalue weighted by atomic mass is 10.2. The maximum absolute atomic E-state index is 12.2. The average Bonchev–Trinajstić information content (AvgIpc) is 2.38. The molecule has 0 aliphatic heterocycles. The van der Waals surface area contributed by atoms with Crippen LogP contribution in [0.15, 0.2) is 35.2 Å². The van der Waals surface area contributed by atoms with E-state index in [2.05, 4.69) is 0 Å². The molecule has 0 aliphatic rings. The van der Waals surface area contributed by atoms with E-state index in [4.69, 9.17) is 5.11 Å². The number of benzene rings is 1. The molecule has 0 saturated carbocycles. The maximum atomic E-state index is 12.2. The highest BCUT2D eigenvalue weighted by Gasteiger charge is 2.20. The van der Waals surface area contributed by atoms with Crippen LogP contribution in [0.3, 0.4) is 0 Å². The summed E-state index contributed by atoms with van der Waals surface area (Å²) < 4.78 is 25.7. The van der Waals surface area contributed by atoms with Crippen LogP contribution in [-0.2, 0) is 14.8 Å². The van der Waals surface area contributed by atoms with E-state index in [-0.39, 0.29) is 4.90 Å². The summed E-state index contributed by atoms with van der Waals surface area (Å²) in [6.07, 6.45) is 2.42. The third-order valence-electron chi connectivity index (χ3n) is 2.64. The zero-order valence-electron chi connectivity index (χ0n) is 10.9. The van der Waals surface area contributed by atoms with Gasteiger partial charge in [0.2, 0.25) is 10.0 Å². The van der Waals surface area contributed by atoms with Gasteiger partial charge in [-0.25, -0.2) is 13.2 Å². The van der Waals surface area contributed by atoms with Gasteiger partial charge in [-0.1, -0.05) is 26.0 Å². The molecule has 19 heavy (non-hydrogen) atoms. The van der Waals surface area contributed by atoms with E-state index in [9.17, 15) is 13.2 Å². The molecule has 0 spiro atoms. The smallest absolute Gasteiger partial charge is 0.328 e. The standard InChI is InChI=1S/C13H17NO4S/c1-3-14(4-2)19(17,18)12-8-5-11(6-9-12)7-10-13(15)16/h5-10H,3-4H2,1-2H3,(H,15,16). The molecule has 0 amide bonds. The molecule has 6 heteroatoms. The summed E-state index contributed by atoms with van der Waals surface area (Å²) in [4.78, 5) is 10.6. The van der Waals surface area contributed by atoms with Gasteiger partial charge in [-0.15, -0.1) is 0 Å². The van der Waals surface area contributed by atoms with Gasteiger partial charge in [0.1, 0.15) is 0 Å². The molecule has 1 aromatic rings. The van der Waals surface area contributed by atoms with E-state index in [1.165, 1.54) is 22.5 Å². The molecule has 0 heterocycles. The molecule has 0 aliphatic carbocycles. The second kappa shape index (κ2) is 6.49. The van der Waals surface area contributed by atoms with Crippen molar-refractivity contribution < 1.29 is 18.3 Å². The van der Waals surface area contributed by atoms with Gasteiger partial charge in [-0.05, 0) is 23.8 Å². The van der Waals surface area contributed by atoms with Crippen LogP contribution in [0.2, 0.25) is 0 Å². The number of carboxylic acids is 1. The minimum Gasteiger partial charge on any atom is -0.478 e. The summed E-state index contributed by atoms with van der Waals surface area (Å²) in [7, 11) is -3.46. The van der Waals surface area contributed by atoms with Crippen molar-refractivity contribution >= 4 is 22.1 Å². The Kier molecular flexibility index (Phi) is 5.26. The van der Waals surface area contributed by atoms with E-state index in [1.807, 2.05) is 0 Å². The normalized spacial score (nSPS) is 12.2. The molecule has 104 valence electrons. The van der Waals surface area contributed by atoms with Gasteiger partial charge in [0.05, 0.1) is 4.90 Å². The predicted octanol–water partition coefficient (Wildman–Crippen LogP) is 1.81. The minimum atomic E-state index is -3.46. The van der Waals surface area contributed by atoms with Crippen molar-refractivity contribution in [3.63, 3.8) is 0 Å². The summed E-state index contributed by atoms with van der Waals surface area (Å²) in [5.41, 5.74) is 0.640. The van der Waals surface area contributed by atoms with Gasteiger partial charge in [-0.3, -0.25) is 0 Å². The Hall–Kier alpha value is -1.66. The Labute approximate surface area is 113 Å². The predicted molar refractivity (Wildman–Crippen MR) is 73.2 cm³/mol. The van der Waals surface area contributed by atoms with Gasteiger partial charge < -0.3 is 5.11 Å². The van der Waals surface area contributed by atoms with E-state index in [0.717, 1.165) is 6.08 Å². The molecule has 0 bridgehead atoms. The topological polar surface area (TPSA) is 74.7 Å². The number of nitrogens with zero attached hydrogens (tertiary/aromatic N) is 1. The first-order valence-electron chi connectivity index (χ1n) is 5.93. The van der Waals surface area contributed by atoms with E-state index >= 15 is 0 Å². The minimum absolute atomic E-state index is 0.212. The zero-order valence-corrected chi connectivity index (χ0v) is 11.7. The fraction of sp³-hybridized carbons (Fsp3) is 0.308. The molecule has 5 nitrogen and oxygen atoms in total. The van der Waals surface area contributed by atoms with Crippen LogP contribution in [0.5, 0.6) is 0 Å². The summed E-state index contributed by atoms with van der Waals surface area (Å²) in [6.45, 7) is 4.40. The Morgan fingerprint density at radius 3 is 2.16 bits per heavy atom. The van der Waals surface area contributed by atoms with E-state index in [0.29, 0.717) is 18.7 Å². The number of rotatable bonds is 6. The number of aliphatic carboxylic acids is 1. The van der Waals surface area contributed by atoms with Gasteiger partial charge in [0.15, 0.2) is 0 Å². The lowest BCUT2D eigenvalue weighted by molar-refractivity contribution is -0.131. The van der Waals surface area contributed by atoms with Crippen LogP contribution in [-0.4, -0.2) is 36.9 Å². The molecule has 1 aromatic carbocycles. The fourth-order valence-electron chi connectivity index (χ4n) is 1.63. The Morgan fingerprint density at radius 2 is 1.74 bits per heavy atom. The number of carbonyl (C=O) groups is 1. The maximum Gasteiger partial charge on any atom is 0.328 e. The lowest BCUT2D eigenvalue weighted by Crippen LogP contribution is -2.30. The SMILES string of the molecule is CCN(CC)S(=O)(=O)c1ccc(C=CC(=O)O)cc1. The third kappa shape index (κ3) is 3.90. The molecule has 0 atom stereocenters. The van der Waals surface area contributed by atoms with Crippen molar-refractivity contribution in [3.8, 4) is 0 Å². The van der Waals surface area contributed by atoms with Gasteiger partial charge in [0, 0.05) is 19.2 Å². The van der Waals surface area contributed by atoms with Gasteiger partial charge in [-0.2, -0.15) is 4.31 Å². The second-order valence-electron chi connectivity index (χ2n) is 3.83. The molecule has 0 fully saturated rings. The molecule has 0 saturated heterocycles. The number of carboxylic acid groups (broad SMARTS) is 1. The van der Waals surface area contributed by atoms with Gasteiger partial charge in [0.25, 0.3) is 0 Å². The summed E-state index contributed by atoms with van der Waals surface area (Å²) in [5, 5.41) is 8.51. The van der Waals surface area contributed by atoms with E-state index in [1.54, 1.807) is 26.0 Å². The van der Waals surface area contributed by atoms with Crippen molar-refractivity contribution in [1.29, 1.82) is 0 Å². The first-order chi connectivity index (χ1) is 8.91. The molecular formula is C13H17NO4S. The Balaban J connectivity index is 3.02. The summed E-state index contributed by atoms with van der Waals surface area (Å²) in [6, 6.07) is 6.12. The highest BCUT2D eigenvalue weighted by molar-refractivity contribution is 7.89. The fourth-order valence-corrected chi connectivity index (χ4v) is 3.09. The first-order valence-corrected chi connectivity index (χ1v) is 7.37. The zero-order chi connectivity index (χ0) is 14.5. The monoisotopic (exact) mass is 283 g/mol. The highest BCUT2D eigenvalue weighted by Crippen LogP contribution is 2.16. The largest absolute Gasteiger partial charge is 0.478 e. The molecular weight excluding hydrogens is 266 g/mol. The van der Waals surface area contributed by atoms with Crippen LogP contribution in [0.4, 0.5) is 0 Å². The van der Waals surface area contributed by atoms with Crippen LogP contribution < -0.4 is 0 Å². The highest BCUT2D eigenvalue weighted by atomic mass is 32.2. The summed E-state index contributed by atoms with van der Waals surface area (Å²) in [5.74, 6) is -1.04. The number of hydrogen-bond donors (Lipinski definition) is 1. The van der Waals surface area contributed by atoms with Crippen molar-refractivity contribution in [2.24, 2.45) is 0 Å². The van der Waals surface area contributed by atoms with Crippen LogP contribution in [0, 0.1) is 0 Å². The second-order valence-corrected chi connectivity index (χ2v) is 5.77. The Morgan fingerprint density at radius 1 is 1.21 bits per heavy atom. The average molecular weight is 283 g/mol. The molecule has 1 rings (SSSR count). The molecule has 1 N–H and O–H groups in total. The van der Waals surface area contributed by atoms with Crippen molar-refractivity contribution in [2.45, 2.75) is 18.7 Å². The van der Waals surface area contributed by atoms with Crippen LogP contribution in [0.25, 0.3) is 6.08 Å². The summed E-state index contributed by atoms with van der Waals surface area (Å²) >= 11 is 0. The van der Waals surface area contributed by atoms with Crippen LogP contribution >= 0.6 is 0 Å². The molecule has 0 radical (unpaired) electrons. The lowest BCUT2D eigenvalue weighted by Gasteiger charge is -2.18. The van der Waals surface area contributed by atoms with Crippen molar-refractivity contribution in [2.75, 3.05) is 13.1 Å². The third-order valence-corrected chi connectivity index (χ3v) is 4.71. The van der Waals surface area contributed by atoms with Crippen LogP contribution in [0.1, 0.15) is 19.4 Å². The van der Waals surface area contributed by atoms with Gasteiger partial charge >= 0.3 is 5.97 Å². The molecule has 0 unspecified atom stereocenters.